The summed E-state index contributed by atoms with van der Waals surface area (Å²) in [6.07, 6.45) is 0.221. The monoisotopic (exact) mass is 226 g/mol. The molecule has 0 aromatic carbocycles. The number of carboxylic acid groups (broad SMARTS) is 1. The molecule has 3 N–H and O–H groups in total. The van der Waals surface area contributed by atoms with Crippen LogP contribution in [0.3, 0.4) is 0 Å². The highest BCUT2D eigenvalue weighted by atomic mass is 31.2. The minimum absolute atomic E-state index is 0.0802. The van der Waals surface area contributed by atoms with Gasteiger partial charge in [0.05, 0.1) is 0 Å². The number of carboxylic acids is 1. The van der Waals surface area contributed by atoms with Gasteiger partial charge >= 0.3 is 19.8 Å². The predicted molar refractivity (Wildman–Crippen MR) is 44.2 cm³/mol. The van der Waals surface area contributed by atoms with Crippen LogP contribution in [0.25, 0.3) is 0 Å². The highest BCUT2D eigenvalue weighted by molar-refractivity contribution is 7.46. The van der Waals surface area contributed by atoms with Crippen molar-refractivity contribution >= 4 is 19.8 Å². The molecule has 0 saturated carbocycles. The SMILES string of the molecule is O=C(O)CCCCC(=O)OP(=O)(O)O. The Morgan fingerprint density at radius 1 is 1.14 bits per heavy atom. The van der Waals surface area contributed by atoms with E-state index in [-0.39, 0.29) is 25.7 Å². The molecule has 0 aliphatic rings. The molecule has 0 amide bonds. The van der Waals surface area contributed by atoms with Gasteiger partial charge in [-0.3, -0.25) is 19.4 Å². The maximum atomic E-state index is 10.6. The van der Waals surface area contributed by atoms with Crippen LogP contribution in [0.2, 0.25) is 0 Å². The molecule has 0 aliphatic carbocycles. The van der Waals surface area contributed by atoms with Gasteiger partial charge in [0.2, 0.25) is 0 Å². The highest BCUT2D eigenvalue weighted by Crippen LogP contribution is 2.36. The third-order valence-corrected chi connectivity index (χ3v) is 1.68. The number of carbonyl (C=O) groups excluding carboxylic acids is 1. The van der Waals surface area contributed by atoms with Crippen molar-refractivity contribution in [1.29, 1.82) is 0 Å². The Kier molecular flexibility index (Phi) is 5.37. The van der Waals surface area contributed by atoms with Crippen LogP contribution in [0.5, 0.6) is 0 Å². The first-order chi connectivity index (χ1) is 6.31. The molecule has 7 nitrogen and oxygen atoms in total. The summed E-state index contributed by atoms with van der Waals surface area (Å²) in [7, 11) is -4.76. The van der Waals surface area contributed by atoms with Crippen LogP contribution in [0.15, 0.2) is 0 Å². The molecule has 82 valence electrons. The van der Waals surface area contributed by atoms with E-state index in [1.54, 1.807) is 0 Å². The van der Waals surface area contributed by atoms with E-state index in [0.717, 1.165) is 0 Å². The Morgan fingerprint density at radius 2 is 1.64 bits per heavy atom. The van der Waals surface area contributed by atoms with E-state index in [0.29, 0.717) is 0 Å². The summed E-state index contributed by atoms with van der Waals surface area (Å²) in [5.41, 5.74) is 0. The zero-order valence-corrected chi connectivity index (χ0v) is 8.14. The first-order valence-electron chi connectivity index (χ1n) is 3.81. The molecule has 0 saturated heterocycles. The summed E-state index contributed by atoms with van der Waals surface area (Å²) < 4.78 is 13.9. The van der Waals surface area contributed by atoms with Crippen LogP contribution in [0.1, 0.15) is 25.7 Å². The summed E-state index contributed by atoms with van der Waals surface area (Å²) in [6.45, 7) is 0. The summed E-state index contributed by atoms with van der Waals surface area (Å²) in [6, 6.07) is 0. The maximum absolute atomic E-state index is 10.6. The number of carbonyl (C=O) groups is 2. The molecular formula is C6H11O7P. The topological polar surface area (TPSA) is 121 Å². The number of phosphoric ester groups is 1. The molecule has 0 heterocycles. The van der Waals surface area contributed by atoms with Gasteiger partial charge in [-0.25, -0.2) is 4.57 Å². The number of rotatable bonds is 6. The standard InChI is InChI=1S/C6H11O7P/c7-5(8)3-1-2-4-6(9)13-14(10,11)12/h1-4H2,(H,7,8)(H2,10,11,12). The van der Waals surface area contributed by atoms with Crippen LogP contribution in [-0.4, -0.2) is 26.8 Å². The molecule has 0 rings (SSSR count). The molecule has 0 atom stereocenters. The first kappa shape index (κ1) is 13.1. The smallest absolute Gasteiger partial charge is 0.481 e. The van der Waals surface area contributed by atoms with Crippen molar-refractivity contribution in [3.63, 3.8) is 0 Å². The van der Waals surface area contributed by atoms with Gasteiger partial charge in [-0.15, -0.1) is 0 Å². The summed E-state index contributed by atoms with van der Waals surface area (Å²) in [5, 5.41) is 8.22. The minimum Gasteiger partial charge on any atom is -0.481 e. The Bertz CT molecular complexity index is 255. The lowest BCUT2D eigenvalue weighted by atomic mass is 10.2. The van der Waals surface area contributed by atoms with Gasteiger partial charge in [-0.05, 0) is 12.8 Å². The lowest BCUT2D eigenvalue weighted by Crippen LogP contribution is -2.02. The van der Waals surface area contributed by atoms with Crippen molar-refractivity contribution in [2.75, 3.05) is 0 Å². The third-order valence-electron chi connectivity index (χ3n) is 1.24. The van der Waals surface area contributed by atoms with Crippen molar-refractivity contribution in [1.82, 2.24) is 0 Å². The van der Waals surface area contributed by atoms with Crippen molar-refractivity contribution < 1.29 is 33.6 Å². The zero-order chi connectivity index (χ0) is 11.2. The summed E-state index contributed by atoms with van der Waals surface area (Å²) in [4.78, 5) is 37.1. The van der Waals surface area contributed by atoms with Crippen molar-refractivity contribution in [2.45, 2.75) is 25.7 Å². The summed E-state index contributed by atoms with van der Waals surface area (Å²) in [5.74, 6) is -2.00. The second-order valence-corrected chi connectivity index (χ2v) is 3.72. The predicted octanol–water partition coefficient (Wildman–Crippen LogP) is 0.267. The Labute approximate surface area is 79.9 Å². The Hall–Kier alpha value is -0.910. The number of aliphatic carboxylic acids is 1. The average Bonchev–Trinajstić information content (AvgIpc) is 1.94. The highest BCUT2D eigenvalue weighted by Gasteiger charge is 2.19. The number of phosphoric acid groups is 1. The normalized spacial score (nSPS) is 11.0. The quantitative estimate of drug-likeness (QED) is 0.438. The van der Waals surface area contributed by atoms with Crippen LogP contribution in [-0.2, 0) is 18.7 Å². The fourth-order valence-corrected chi connectivity index (χ4v) is 1.08. The van der Waals surface area contributed by atoms with Crippen LogP contribution < -0.4 is 0 Å². The van der Waals surface area contributed by atoms with Gasteiger partial charge in [-0.1, -0.05) is 0 Å². The molecular weight excluding hydrogens is 215 g/mol. The van der Waals surface area contributed by atoms with Crippen molar-refractivity contribution in [3.8, 4) is 0 Å². The molecule has 8 heteroatoms. The molecule has 0 spiro atoms. The molecule has 0 aliphatic heterocycles. The zero-order valence-electron chi connectivity index (χ0n) is 7.25. The third kappa shape index (κ3) is 9.18. The fraction of sp³-hybridized carbons (Fsp3) is 0.667. The Balaban J connectivity index is 3.56. The Morgan fingerprint density at radius 3 is 2.07 bits per heavy atom. The fourth-order valence-electron chi connectivity index (χ4n) is 0.724. The van der Waals surface area contributed by atoms with E-state index in [2.05, 4.69) is 4.52 Å². The van der Waals surface area contributed by atoms with E-state index >= 15 is 0 Å². The molecule has 0 unspecified atom stereocenters. The summed E-state index contributed by atoms with van der Waals surface area (Å²) >= 11 is 0. The van der Waals surface area contributed by atoms with Gasteiger partial charge in [0.1, 0.15) is 0 Å². The van der Waals surface area contributed by atoms with Crippen LogP contribution in [0.4, 0.5) is 0 Å². The number of unbranched alkanes of at least 4 members (excludes halogenated alkanes) is 1. The maximum Gasteiger partial charge on any atom is 0.526 e. The van der Waals surface area contributed by atoms with Crippen LogP contribution >= 0.6 is 7.82 Å². The van der Waals surface area contributed by atoms with Crippen molar-refractivity contribution in [3.05, 3.63) is 0 Å². The first-order valence-corrected chi connectivity index (χ1v) is 5.34. The minimum atomic E-state index is -4.76. The average molecular weight is 226 g/mol. The van der Waals surface area contributed by atoms with Gasteiger partial charge < -0.3 is 9.63 Å². The van der Waals surface area contributed by atoms with E-state index in [4.69, 9.17) is 14.9 Å². The molecule has 14 heavy (non-hydrogen) atoms. The van der Waals surface area contributed by atoms with E-state index in [1.165, 1.54) is 0 Å². The van der Waals surface area contributed by atoms with Gasteiger partial charge in [-0.2, -0.15) is 0 Å². The molecule has 0 bridgehead atoms. The molecule has 0 radical (unpaired) electrons. The molecule has 0 aromatic rings. The van der Waals surface area contributed by atoms with Crippen LogP contribution in [0, 0.1) is 0 Å². The lowest BCUT2D eigenvalue weighted by molar-refractivity contribution is -0.138. The van der Waals surface area contributed by atoms with Gasteiger partial charge in [0, 0.05) is 12.8 Å². The second kappa shape index (κ2) is 5.74. The van der Waals surface area contributed by atoms with E-state index < -0.39 is 19.8 Å². The van der Waals surface area contributed by atoms with Gasteiger partial charge in [0.15, 0.2) is 0 Å². The lowest BCUT2D eigenvalue weighted by Gasteiger charge is -2.03. The van der Waals surface area contributed by atoms with E-state index in [1.807, 2.05) is 0 Å². The molecule has 0 aromatic heterocycles. The van der Waals surface area contributed by atoms with Gasteiger partial charge in [0.25, 0.3) is 0 Å². The molecule has 0 fully saturated rings. The second-order valence-electron chi connectivity index (χ2n) is 2.55. The largest absolute Gasteiger partial charge is 0.526 e. The number of hydrogen-bond donors (Lipinski definition) is 3. The van der Waals surface area contributed by atoms with Crippen molar-refractivity contribution in [2.24, 2.45) is 0 Å². The van der Waals surface area contributed by atoms with E-state index in [9.17, 15) is 14.2 Å². The number of hydrogen-bond acceptors (Lipinski definition) is 4.